The number of ether oxygens (including phenoxy) is 1. The van der Waals surface area contributed by atoms with Crippen molar-refractivity contribution in [3.63, 3.8) is 0 Å². The van der Waals surface area contributed by atoms with Crippen LogP contribution < -0.4 is 5.73 Å². The molecule has 0 heterocycles. The topological polar surface area (TPSA) is 38.5 Å². The summed E-state index contributed by atoms with van der Waals surface area (Å²) in [5.74, 6) is 0.972. The molecule has 1 atom stereocenters. The molecule has 2 rings (SSSR count). The van der Waals surface area contributed by atoms with Crippen molar-refractivity contribution in [2.45, 2.75) is 44.7 Å². The third-order valence-electron chi connectivity index (χ3n) is 3.60. The smallest absolute Gasteiger partial charge is 0.0594 e. The van der Waals surface area contributed by atoms with Gasteiger partial charge in [0.05, 0.1) is 13.2 Å². The Labute approximate surface area is 93.0 Å². The molecule has 3 heteroatoms. The van der Waals surface area contributed by atoms with E-state index in [0.717, 1.165) is 31.2 Å². The predicted octanol–water partition coefficient (Wildman–Crippen LogP) is 1.22. The molecule has 2 aliphatic rings. The van der Waals surface area contributed by atoms with E-state index in [1.54, 1.807) is 0 Å². The van der Waals surface area contributed by atoms with E-state index in [1.807, 2.05) is 0 Å². The zero-order chi connectivity index (χ0) is 10.7. The molecule has 0 aromatic rings. The minimum Gasteiger partial charge on any atom is -0.379 e. The van der Waals surface area contributed by atoms with Gasteiger partial charge in [-0.25, -0.2) is 0 Å². The van der Waals surface area contributed by atoms with Crippen molar-refractivity contribution in [1.82, 2.24) is 4.90 Å². The molecule has 0 saturated heterocycles. The second-order valence-electron chi connectivity index (χ2n) is 4.95. The Morgan fingerprint density at radius 2 is 2.00 bits per heavy atom. The molecule has 0 spiro atoms. The molecule has 2 fully saturated rings. The van der Waals surface area contributed by atoms with Gasteiger partial charge in [-0.2, -0.15) is 0 Å². The lowest BCUT2D eigenvalue weighted by atomic mass is 10.2. The Morgan fingerprint density at radius 1 is 1.27 bits per heavy atom. The van der Waals surface area contributed by atoms with Crippen molar-refractivity contribution in [2.75, 3.05) is 26.3 Å². The summed E-state index contributed by atoms with van der Waals surface area (Å²) in [6.07, 6.45) is 5.67. The fourth-order valence-electron chi connectivity index (χ4n) is 2.33. The Balaban J connectivity index is 1.68. The lowest BCUT2D eigenvalue weighted by Gasteiger charge is -2.29. The highest BCUT2D eigenvalue weighted by Gasteiger charge is 2.38. The number of nitrogens with two attached hydrogens (primary N) is 1. The molecule has 0 aliphatic heterocycles. The molecule has 15 heavy (non-hydrogen) atoms. The van der Waals surface area contributed by atoms with Crippen molar-refractivity contribution >= 4 is 0 Å². The molecular weight excluding hydrogens is 188 g/mol. The van der Waals surface area contributed by atoms with Gasteiger partial charge in [-0.05, 0) is 38.5 Å². The molecule has 88 valence electrons. The van der Waals surface area contributed by atoms with Crippen LogP contribution in [0.5, 0.6) is 0 Å². The first-order valence-corrected chi connectivity index (χ1v) is 6.36. The molecule has 3 nitrogen and oxygen atoms in total. The van der Waals surface area contributed by atoms with E-state index in [-0.39, 0.29) is 0 Å². The molecule has 0 amide bonds. The van der Waals surface area contributed by atoms with Crippen LogP contribution in [0.2, 0.25) is 0 Å². The van der Waals surface area contributed by atoms with Gasteiger partial charge in [0.25, 0.3) is 0 Å². The van der Waals surface area contributed by atoms with Crippen LogP contribution in [0.15, 0.2) is 0 Å². The molecule has 1 unspecified atom stereocenters. The van der Waals surface area contributed by atoms with Crippen LogP contribution in [-0.2, 0) is 4.74 Å². The van der Waals surface area contributed by atoms with Gasteiger partial charge in [0, 0.05) is 25.2 Å². The monoisotopic (exact) mass is 212 g/mol. The summed E-state index contributed by atoms with van der Waals surface area (Å²) in [6.45, 7) is 5.68. The molecule has 0 aromatic carbocycles. The molecule has 0 radical (unpaired) electrons. The summed E-state index contributed by atoms with van der Waals surface area (Å²) in [4.78, 5) is 2.66. The maximum absolute atomic E-state index is 5.47. The minimum absolute atomic E-state index is 0.640. The third kappa shape index (κ3) is 3.44. The van der Waals surface area contributed by atoms with Crippen LogP contribution >= 0.6 is 0 Å². The summed E-state index contributed by atoms with van der Waals surface area (Å²) in [6, 6.07) is 1.64. The summed E-state index contributed by atoms with van der Waals surface area (Å²) in [5.41, 5.74) is 5.40. The lowest BCUT2D eigenvalue weighted by Crippen LogP contribution is -2.39. The van der Waals surface area contributed by atoms with E-state index in [9.17, 15) is 0 Å². The summed E-state index contributed by atoms with van der Waals surface area (Å²) < 4.78 is 5.47. The minimum atomic E-state index is 0.640. The van der Waals surface area contributed by atoms with E-state index >= 15 is 0 Å². The van der Waals surface area contributed by atoms with Crippen molar-refractivity contribution in [3.8, 4) is 0 Å². The first-order chi connectivity index (χ1) is 7.33. The van der Waals surface area contributed by atoms with Crippen LogP contribution in [-0.4, -0.2) is 43.3 Å². The van der Waals surface area contributed by atoms with Crippen molar-refractivity contribution in [3.05, 3.63) is 0 Å². The van der Waals surface area contributed by atoms with Gasteiger partial charge in [-0.15, -0.1) is 0 Å². The summed E-state index contributed by atoms with van der Waals surface area (Å²) >= 11 is 0. The van der Waals surface area contributed by atoms with E-state index in [4.69, 9.17) is 10.5 Å². The first-order valence-electron chi connectivity index (χ1n) is 6.36. The van der Waals surface area contributed by atoms with Crippen molar-refractivity contribution in [1.29, 1.82) is 0 Å². The van der Waals surface area contributed by atoms with Gasteiger partial charge < -0.3 is 10.5 Å². The highest BCUT2D eigenvalue weighted by atomic mass is 16.5. The second-order valence-corrected chi connectivity index (χ2v) is 4.95. The van der Waals surface area contributed by atoms with E-state index in [0.29, 0.717) is 13.2 Å². The second kappa shape index (κ2) is 5.28. The number of nitrogens with zero attached hydrogens (tertiary/aromatic N) is 1. The van der Waals surface area contributed by atoms with E-state index in [2.05, 4.69) is 11.8 Å². The SMILES string of the molecule is CC(C1CC1)N(CCOCCN)C1CC1. The van der Waals surface area contributed by atoms with Gasteiger partial charge in [0.1, 0.15) is 0 Å². The van der Waals surface area contributed by atoms with Crippen LogP contribution in [0.1, 0.15) is 32.6 Å². The highest BCUT2D eigenvalue weighted by Crippen LogP contribution is 2.39. The zero-order valence-corrected chi connectivity index (χ0v) is 9.82. The van der Waals surface area contributed by atoms with E-state index < -0.39 is 0 Å². The predicted molar refractivity (Wildman–Crippen MR) is 61.8 cm³/mol. The summed E-state index contributed by atoms with van der Waals surface area (Å²) in [5, 5.41) is 0. The van der Waals surface area contributed by atoms with Gasteiger partial charge in [-0.1, -0.05) is 0 Å². The summed E-state index contributed by atoms with van der Waals surface area (Å²) in [7, 11) is 0. The molecular formula is C12H24N2O. The number of rotatable bonds is 8. The van der Waals surface area contributed by atoms with E-state index in [1.165, 1.54) is 25.7 Å². The normalized spacial score (nSPS) is 23.4. The fourth-order valence-corrected chi connectivity index (χ4v) is 2.33. The Morgan fingerprint density at radius 3 is 2.53 bits per heavy atom. The lowest BCUT2D eigenvalue weighted by molar-refractivity contribution is 0.0849. The average Bonchev–Trinajstić information content (AvgIpc) is 3.06. The quantitative estimate of drug-likeness (QED) is 0.615. The van der Waals surface area contributed by atoms with Gasteiger partial charge in [0.2, 0.25) is 0 Å². The molecule has 2 N–H and O–H groups in total. The molecule has 0 bridgehead atoms. The number of hydrogen-bond acceptors (Lipinski definition) is 3. The van der Waals surface area contributed by atoms with Crippen LogP contribution in [0.25, 0.3) is 0 Å². The Kier molecular flexibility index (Phi) is 4.00. The van der Waals surface area contributed by atoms with Gasteiger partial charge in [0.15, 0.2) is 0 Å². The largest absolute Gasteiger partial charge is 0.379 e. The van der Waals surface area contributed by atoms with Crippen molar-refractivity contribution < 1.29 is 4.74 Å². The van der Waals surface area contributed by atoms with Gasteiger partial charge in [-0.3, -0.25) is 4.90 Å². The zero-order valence-electron chi connectivity index (χ0n) is 9.82. The third-order valence-corrected chi connectivity index (χ3v) is 3.60. The standard InChI is InChI=1S/C12H24N2O/c1-10(11-2-3-11)14(12-4-5-12)7-9-15-8-6-13/h10-12H,2-9,13H2,1H3. The molecule has 2 aliphatic carbocycles. The maximum atomic E-state index is 5.47. The van der Waals surface area contributed by atoms with Crippen LogP contribution in [0, 0.1) is 5.92 Å². The average molecular weight is 212 g/mol. The molecule has 0 aromatic heterocycles. The highest BCUT2D eigenvalue weighted by molar-refractivity contribution is 4.93. The number of hydrogen-bond donors (Lipinski definition) is 1. The molecule has 2 saturated carbocycles. The fraction of sp³-hybridized carbons (Fsp3) is 1.00. The first kappa shape index (κ1) is 11.4. The Bertz CT molecular complexity index is 190. The van der Waals surface area contributed by atoms with Gasteiger partial charge >= 0.3 is 0 Å². The van der Waals surface area contributed by atoms with Crippen LogP contribution in [0.3, 0.4) is 0 Å². The maximum Gasteiger partial charge on any atom is 0.0594 e. The van der Waals surface area contributed by atoms with Crippen molar-refractivity contribution in [2.24, 2.45) is 11.7 Å². The van der Waals surface area contributed by atoms with Crippen LogP contribution in [0.4, 0.5) is 0 Å². The Hall–Kier alpha value is -0.120.